The number of aryl methyl sites for hydroxylation is 2. The van der Waals surface area contributed by atoms with E-state index in [0.29, 0.717) is 12.8 Å². The summed E-state index contributed by atoms with van der Waals surface area (Å²) in [6.45, 7) is 4.18. The zero-order valence-electron chi connectivity index (χ0n) is 15.5. The van der Waals surface area contributed by atoms with E-state index in [-0.39, 0.29) is 17.9 Å². The lowest BCUT2D eigenvalue weighted by Crippen LogP contribution is -2.45. The number of para-hydroxylation sites is 1. The lowest BCUT2D eigenvalue weighted by atomic mass is 9.94. The molecule has 2 fully saturated rings. The summed E-state index contributed by atoms with van der Waals surface area (Å²) >= 11 is 0. The minimum Gasteiger partial charge on any atom is -0.352 e. The molecule has 0 heterocycles. The van der Waals surface area contributed by atoms with Gasteiger partial charge in [-0.05, 0) is 49.7 Å². The van der Waals surface area contributed by atoms with Crippen molar-refractivity contribution >= 4 is 17.5 Å². The zero-order valence-corrected chi connectivity index (χ0v) is 15.5. The van der Waals surface area contributed by atoms with Gasteiger partial charge in [0.2, 0.25) is 11.8 Å². The Morgan fingerprint density at radius 2 is 1.60 bits per heavy atom. The van der Waals surface area contributed by atoms with Gasteiger partial charge in [-0.15, -0.1) is 0 Å². The number of amides is 2. The monoisotopic (exact) mass is 342 g/mol. The summed E-state index contributed by atoms with van der Waals surface area (Å²) in [7, 11) is 0. The van der Waals surface area contributed by atoms with Gasteiger partial charge in [-0.2, -0.15) is 0 Å². The van der Waals surface area contributed by atoms with Crippen molar-refractivity contribution < 1.29 is 9.59 Å². The highest BCUT2D eigenvalue weighted by molar-refractivity contribution is 6.13. The van der Waals surface area contributed by atoms with Crippen LogP contribution >= 0.6 is 0 Å². The molecule has 0 atom stereocenters. The standard InChI is InChI=1S/C21H30N2O2/c1-3-15-9-8-10-16(4-2)18(15)23-20(25)21(13-14-21)19(24)22-17-11-6-5-7-12-17/h8-10,17H,3-7,11-14H2,1-2H3,(H,22,24)(H,23,25). The quantitative estimate of drug-likeness (QED) is 0.768. The molecule has 1 aromatic carbocycles. The third-order valence-electron chi connectivity index (χ3n) is 5.80. The van der Waals surface area contributed by atoms with E-state index in [1.807, 2.05) is 6.07 Å². The molecule has 2 saturated carbocycles. The number of nitrogens with one attached hydrogen (secondary N) is 2. The molecule has 4 nitrogen and oxygen atoms in total. The molecule has 2 aliphatic carbocycles. The smallest absolute Gasteiger partial charge is 0.240 e. The van der Waals surface area contributed by atoms with E-state index in [1.165, 1.54) is 19.3 Å². The molecule has 0 aliphatic heterocycles. The molecule has 2 N–H and O–H groups in total. The Morgan fingerprint density at radius 3 is 2.12 bits per heavy atom. The van der Waals surface area contributed by atoms with Crippen molar-refractivity contribution in [3.05, 3.63) is 29.3 Å². The van der Waals surface area contributed by atoms with Gasteiger partial charge in [-0.3, -0.25) is 9.59 Å². The third-order valence-corrected chi connectivity index (χ3v) is 5.80. The minimum atomic E-state index is -0.844. The molecule has 4 heteroatoms. The second-order valence-corrected chi connectivity index (χ2v) is 7.50. The number of carbonyl (C=O) groups excluding carboxylic acids is 2. The number of anilines is 1. The van der Waals surface area contributed by atoms with Crippen LogP contribution in [0.1, 0.15) is 69.9 Å². The lowest BCUT2D eigenvalue weighted by Gasteiger charge is -2.25. The van der Waals surface area contributed by atoms with Gasteiger partial charge in [-0.25, -0.2) is 0 Å². The van der Waals surface area contributed by atoms with Gasteiger partial charge in [0, 0.05) is 11.7 Å². The fourth-order valence-electron chi connectivity index (χ4n) is 3.89. The number of carbonyl (C=O) groups is 2. The van der Waals surface area contributed by atoms with Crippen molar-refractivity contribution in [2.75, 3.05) is 5.32 Å². The summed E-state index contributed by atoms with van der Waals surface area (Å²) in [6.07, 6.45) is 8.74. The van der Waals surface area contributed by atoms with Crippen LogP contribution < -0.4 is 10.6 Å². The summed E-state index contributed by atoms with van der Waals surface area (Å²) in [5.74, 6) is -0.194. The highest BCUT2D eigenvalue weighted by Crippen LogP contribution is 2.47. The maximum atomic E-state index is 12.9. The Balaban J connectivity index is 1.71. The van der Waals surface area contributed by atoms with E-state index in [4.69, 9.17) is 0 Å². The fraction of sp³-hybridized carbons (Fsp3) is 0.619. The van der Waals surface area contributed by atoms with Crippen LogP contribution in [0.3, 0.4) is 0 Å². The SMILES string of the molecule is CCc1cccc(CC)c1NC(=O)C1(C(=O)NC2CCCCC2)CC1. The Labute approximate surface area is 150 Å². The molecule has 0 aromatic heterocycles. The van der Waals surface area contributed by atoms with Gasteiger partial charge in [0.1, 0.15) is 5.41 Å². The summed E-state index contributed by atoms with van der Waals surface area (Å²) in [5, 5.41) is 6.25. The van der Waals surface area contributed by atoms with Gasteiger partial charge in [0.05, 0.1) is 0 Å². The molecule has 25 heavy (non-hydrogen) atoms. The van der Waals surface area contributed by atoms with Gasteiger partial charge in [0.25, 0.3) is 0 Å². The van der Waals surface area contributed by atoms with Crippen LogP contribution in [-0.2, 0) is 22.4 Å². The molecular formula is C21H30N2O2. The maximum absolute atomic E-state index is 12.9. The van der Waals surface area contributed by atoms with Crippen molar-refractivity contribution in [1.82, 2.24) is 5.32 Å². The average molecular weight is 342 g/mol. The highest BCUT2D eigenvalue weighted by atomic mass is 16.2. The summed E-state index contributed by atoms with van der Waals surface area (Å²) in [6, 6.07) is 6.39. The predicted molar refractivity (Wildman–Crippen MR) is 101 cm³/mol. The number of hydrogen-bond donors (Lipinski definition) is 2. The van der Waals surface area contributed by atoms with E-state index in [2.05, 4.69) is 36.6 Å². The Kier molecular flexibility index (Phi) is 5.45. The van der Waals surface area contributed by atoms with E-state index in [0.717, 1.165) is 42.5 Å². The molecule has 0 unspecified atom stereocenters. The molecule has 0 saturated heterocycles. The number of hydrogen-bond acceptors (Lipinski definition) is 2. The third kappa shape index (κ3) is 3.73. The fourth-order valence-corrected chi connectivity index (χ4v) is 3.89. The lowest BCUT2D eigenvalue weighted by molar-refractivity contribution is -0.135. The first-order valence-corrected chi connectivity index (χ1v) is 9.84. The van der Waals surface area contributed by atoms with Crippen molar-refractivity contribution in [2.45, 2.75) is 77.7 Å². The summed E-state index contributed by atoms with van der Waals surface area (Å²) in [4.78, 5) is 25.7. The van der Waals surface area contributed by atoms with Gasteiger partial charge >= 0.3 is 0 Å². The molecule has 1 aromatic rings. The summed E-state index contributed by atoms with van der Waals surface area (Å²) < 4.78 is 0. The molecule has 2 amide bonds. The normalized spacial score (nSPS) is 19.3. The highest BCUT2D eigenvalue weighted by Gasteiger charge is 2.56. The van der Waals surface area contributed by atoms with Crippen LogP contribution in [0.2, 0.25) is 0 Å². The first-order chi connectivity index (χ1) is 12.1. The van der Waals surface area contributed by atoms with Gasteiger partial charge in [0.15, 0.2) is 0 Å². The molecule has 2 aliphatic rings. The average Bonchev–Trinajstić information content (AvgIpc) is 3.44. The van der Waals surface area contributed by atoms with Crippen molar-refractivity contribution in [3.8, 4) is 0 Å². The van der Waals surface area contributed by atoms with Crippen molar-refractivity contribution in [3.63, 3.8) is 0 Å². The van der Waals surface area contributed by atoms with E-state index >= 15 is 0 Å². The van der Waals surface area contributed by atoms with Gasteiger partial charge < -0.3 is 10.6 Å². The predicted octanol–water partition coefficient (Wildman–Crippen LogP) is 3.98. The molecular weight excluding hydrogens is 312 g/mol. The maximum Gasteiger partial charge on any atom is 0.240 e. The first-order valence-electron chi connectivity index (χ1n) is 9.84. The number of rotatable bonds is 6. The van der Waals surface area contributed by atoms with Crippen LogP contribution in [0.5, 0.6) is 0 Å². The topological polar surface area (TPSA) is 58.2 Å². The van der Waals surface area contributed by atoms with E-state index in [9.17, 15) is 9.59 Å². The van der Waals surface area contributed by atoms with Crippen LogP contribution in [0.25, 0.3) is 0 Å². The Bertz CT molecular complexity index is 621. The van der Waals surface area contributed by atoms with E-state index < -0.39 is 5.41 Å². The van der Waals surface area contributed by atoms with Crippen LogP contribution in [0.4, 0.5) is 5.69 Å². The molecule has 0 radical (unpaired) electrons. The van der Waals surface area contributed by atoms with Gasteiger partial charge in [-0.1, -0.05) is 51.3 Å². The second kappa shape index (κ2) is 7.59. The van der Waals surface area contributed by atoms with Crippen LogP contribution in [0.15, 0.2) is 18.2 Å². The van der Waals surface area contributed by atoms with E-state index in [1.54, 1.807) is 0 Å². The second-order valence-electron chi connectivity index (χ2n) is 7.50. The molecule has 3 rings (SSSR count). The molecule has 136 valence electrons. The molecule has 0 bridgehead atoms. The molecule has 0 spiro atoms. The first kappa shape index (κ1) is 18.0. The number of benzene rings is 1. The van der Waals surface area contributed by atoms with Crippen LogP contribution in [0, 0.1) is 5.41 Å². The summed E-state index contributed by atoms with van der Waals surface area (Å²) in [5.41, 5.74) is 2.34. The largest absolute Gasteiger partial charge is 0.352 e. The van der Waals surface area contributed by atoms with Crippen molar-refractivity contribution in [1.29, 1.82) is 0 Å². The zero-order chi connectivity index (χ0) is 17.9. The van der Waals surface area contributed by atoms with Crippen molar-refractivity contribution in [2.24, 2.45) is 5.41 Å². The Morgan fingerprint density at radius 1 is 1.00 bits per heavy atom. The minimum absolute atomic E-state index is 0.0658. The Hall–Kier alpha value is -1.84. The van der Waals surface area contributed by atoms with Crippen LogP contribution in [-0.4, -0.2) is 17.9 Å².